The number of benzene rings is 3. The third kappa shape index (κ3) is 5.19. The van der Waals surface area contributed by atoms with Crippen LogP contribution in [0.3, 0.4) is 0 Å². The summed E-state index contributed by atoms with van der Waals surface area (Å²) in [5, 5.41) is 9.11. The SMILES string of the molecule is CCOc1ccc(F)c(-c2ccc3c(c2)CCC3Oc2ccc([C@H](CC)CC(=O)O)cc2)c1. The first-order valence-electron chi connectivity index (χ1n) is 11.5. The fraction of sp³-hybridized carbons (Fsp3) is 0.321. The Morgan fingerprint density at radius 2 is 1.82 bits per heavy atom. The topological polar surface area (TPSA) is 55.8 Å². The molecule has 5 heteroatoms. The van der Waals surface area contributed by atoms with Crippen LogP contribution < -0.4 is 9.47 Å². The van der Waals surface area contributed by atoms with Crippen LogP contribution in [0.5, 0.6) is 11.5 Å². The molecule has 0 aromatic heterocycles. The standard InChI is InChI=1S/C28H29FO4/c1-3-18(16-28(30)31)19-5-9-22(10-6-19)33-27-14-8-20-15-21(7-12-24(20)27)25-17-23(32-4-2)11-13-26(25)29/h5-7,9-13,15,17-18,27H,3-4,8,14,16H2,1-2H3,(H,30,31)/t18-,27?/m1/s1. The molecule has 0 spiro atoms. The van der Waals surface area contributed by atoms with Gasteiger partial charge < -0.3 is 14.6 Å². The fourth-order valence-electron chi connectivity index (χ4n) is 4.54. The van der Waals surface area contributed by atoms with Gasteiger partial charge in [-0.15, -0.1) is 0 Å². The maximum Gasteiger partial charge on any atom is 0.303 e. The molecule has 0 radical (unpaired) electrons. The first kappa shape index (κ1) is 22.8. The zero-order chi connectivity index (χ0) is 23.4. The summed E-state index contributed by atoms with van der Waals surface area (Å²) in [5.41, 5.74) is 4.68. The fourth-order valence-corrected chi connectivity index (χ4v) is 4.54. The number of hydrogen-bond acceptors (Lipinski definition) is 3. The van der Waals surface area contributed by atoms with Gasteiger partial charge in [-0.1, -0.05) is 37.3 Å². The Morgan fingerprint density at radius 3 is 2.52 bits per heavy atom. The number of fused-ring (bicyclic) bond motifs is 1. The van der Waals surface area contributed by atoms with Crippen molar-refractivity contribution in [3.05, 3.63) is 83.2 Å². The third-order valence-corrected chi connectivity index (χ3v) is 6.27. The van der Waals surface area contributed by atoms with E-state index in [0.717, 1.165) is 41.7 Å². The Labute approximate surface area is 194 Å². The van der Waals surface area contributed by atoms with Gasteiger partial charge in [0.15, 0.2) is 0 Å². The summed E-state index contributed by atoms with van der Waals surface area (Å²) >= 11 is 0. The van der Waals surface area contributed by atoms with E-state index in [4.69, 9.17) is 14.6 Å². The van der Waals surface area contributed by atoms with Crippen molar-refractivity contribution in [3.63, 3.8) is 0 Å². The second-order valence-electron chi connectivity index (χ2n) is 8.41. The lowest BCUT2D eigenvalue weighted by Gasteiger charge is -2.17. The van der Waals surface area contributed by atoms with Crippen molar-refractivity contribution >= 4 is 5.97 Å². The highest BCUT2D eigenvalue weighted by atomic mass is 19.1. The van der Waals surface area contributed by atoms with Crippen LogP contribution in [-0.4, -0.2) is 17.7 Å². The molecule has 0 bridgehead atoms. The van der Waals surface area contributed by atoms with Gasteiger partial charge in [0.25, 0.3) is 0 Å². The minimum Gasteiger partial charge on any atom is -0.494 e. The van der Waals surface area contributed by atoms with E-state index in [1.165, 1.54) is 11.6 Å². The average Bonchev–Trinajstić information content (AvgIpc) is 3.21. The largest absolute Gasteiger partial charge is 0.494 e. The van der Waals surface area contributed by atoms with Crippen molar-refractivity contribution in [3.8, 4) is 22.6 Å². The molecule has 1 aliphatic rings. The first-order valence-corrected chi connectivity index (χ1v) is 11.5. The molecule has 1 N–H and O–H groups in total. The maximum absolute atomic E-state index is 14.5. The van der Waals surface area contributed by atoms with Crippen molar-refractivity contribution in [1.29, 1.82) is 0 Å². The molecule has 0 saturated carbocycles. The number of ether oxygens (including phenoxy) is 2. The van der Waals surface area contributed by atoms with Crippen LogP contribution in [0.4, 0.5) is 4.39 Å². The quantitative estimate of drug-likeness (QED) is 0.386. The summed E-state index contributed by atoms with van der Waals surface area (Å²) < 4.78 is 26.3. The van der Waals surface area contributed by atoms with Crippen LogP contribution >= 0.6 is 0 Å². The Hall–Kier alpha value is -3.34. The Balaban J connectivity index is 1.50. The smallest absolute Gasteiger partial charge is 0.303 e. The molecule has 3 aromatic rings. The zero-order valence-electron chi connectivity index (χ0n) is 19.0. The lowest BCUT2D eigenvalue weighted by molar-refractivity contribution is -0.137. The summed E-state index contributed by atoms with van der Waals surface area (Å²) in [6.07, 6.45) is 2.58. The van der Waals surface area contributed by atoms with E-state index in [9.17, 15) is 9.18 Å². The highest BCUT2D eigenvalue weighted by Gasteiger charge is 2.25. The number of aliphatic carboxylic acids is 1. The van der Waals surface area contributed by atoms with Gasteiger partial charge >= 0.3 is 5.97 Å². The normalized spacial score (nSPS) is 15.7. The van der Waals surface area contributed by atoms with Crippen molar-refractivity contribution < 1.29 is 23.8 Å². The molecule has 2 atom stereocenters. The van der Waals surface area contributed by atoms with Crippen LogP contribution in [0, 0.1) is 5.82 Å². The summed E-state index contributed by atoms with van der Waals surface area (Å²) in [4.78, 5) is 11.1. The molecular weight excluding hydrogens is 419 g/mol. The molecule has 4 rings (SSSR count). The van der Waals surface area contributed by atoms with Crippen LogP contribution in [0.15, 0.2) is 60.7 Å². The first-order chi connectivity index (χ1) is 16.0. The number of hydrogen-bond donors (Lipinski definition) is 1. The summed E-state index contributed by atoms with van der Waals surface area (Å²) in [5.74, 6) is 0.379. The Bertz CT molecular complexity index is 1120. The van der Waals surface area contributed by atoms with Crippen molar-refractivity contribution in [2.45, 2.75) is 51.6 Å². The maximum atomic E-state index is 14.5. The molecule has 0 saturated heterocycles. The highest BCUT2D eigenvalue weighted by molar-refractivity contribution is 5.68. The van der Waals surface area contributed by atoms with Gasteiger partial charge in [-0.2, -0.15) is 0 Å². The predicted octanol–water partition coefficient (Wildman–Crippen LogP) is 6.93. The van der Waals surface area contributed by atoms with E-state index >= 15 is 0 Å². The highest BCUT2D eigenvalue weighted by Crippen LogP contribution is 2.38. The van der Waals surface area contributed by atoms with E-state index in [0.29, 0.717) is 17.9 Å². The Morgan fingerprint density at radius 1 is 1.06 bits per heavy atom. The number of rotatable bonds is 9. The van der Waals surface area contributed by atoms with Crippen LogP contribution in [-0.2, 0) is 11.2 Å². The van der Waals surface area contributed by atoms with Crippen molar-refractivity contribution in [1.82, 2.24) is 0 Å². The van der Waals surface area contributed by atoms with Crippen LogP contribution in [0.1, 0.15) is 61.8 Å². The number of aryl methyl sites for hydroxylation is 1. The van der Waals surface area contributed by atoms with Gasteiger partial charge in [0.05, 0.1) is 13.0 Å². The van der Waals surface area contributed by atoms with Crippen molar-refractivity contribution in [2.24, 2.45) is 0 Å². The number of carbonyl (C=O) groups is 1. The molecule has 0 aliphatic heterocycles. The molecule has 0 amide bonds. The molecule has 0 heterocycles. The van der Waals surface area contributed by atoms with E-state index in [2.05, 4.69) is 0 Å². The second kappa shape index (κ2) is 10.1. The summed E-state index contributed by atoms with van der Waals surface area (Å²) in [6, 6.07) is 18.6. The summed E-state index contributed by atoms with van der Waals surface area (Å²) in [7, 11) is 0. The van der Waals surface area contributed by atoms with Gasteiger partial charge in [0, 0.05) is 5.56 Å². The number of carboxylic acids is 1. The van der Waals surface area contributed by atoms with Crippen LogP contribution in [0.25, 0.3) is 11.1 Å². The average molecular weight is 449 g/mol. The molecule has 1 unspecified atom stereocenters. The minimum absolute atomic E-state index is 0.00352. The van der Waals surface area contributed by atoms with E-state index in [1.807, 2.05) is 56.3 Å². The second-order valence-corrected chi connectivity index (χ2v) is 8.41. The monoisotopic (exact) mass is 448 g/mol. The van der Waals surface area contributed by atoms with Crippen LogP contribution in [0.2, 0.25) is 0 Å². The van der Waals surface area contributed by atoms with Gasteiger partial charge in [0.2, 0.25) is 0 Å². The van der Waals surface area contributed by atoms with Gasteiger partial charge in [-0.05, 0) is 84.7 Å². The zero-order valence-corrected chi connectivity index (χ0v) is 19.0. The lowest BCUT2D eigenvalue weighted by atomic mass is 9.93. The van der Waals surface area contributed by atoms with Crippen molar-refractivity contribution in [2.75, 3.05) is 6.61 Å². The van der Waals surface area contributed by atoms with E-state index in [1.54, 1.807) is 12.1 Å². The molecule has 33 heavy (non-hydrogen) atoms. The van der Waals surface area contributed by atoms with Gasteiger partial charge in [0.1, 0.15) is 23.4 Å². The predicted molar refractivity (Wildman–Crippen MR) is 126 cm³/mol. The molecule has 4 nitrogen and oxygen atoms in total. The molecular formula is C28H29FO4. The molecule has 172 valence electrons. The molecule has 1 aliphatic carbocycles. The number of carboxylic acid groups (broad SMARTS) is 1. The Kier molecular flexibility index (Phi) is 6.97. The van der Waals surface area contributed by atoms with E-state index in [-0.39, 0.29) is 24.3 Å². The third-order valence-electron chi connectivity index (χ3n) is 6.27. The molecule has 3 aromatic carbocycles. The van der Waals surface area contributed by atoms with Gasteiger partial charge in [-0.3, -0.25) is 4.79 Å². The lowest BCUT2D eigenvalue weighted by Crippen LogP contribution is -2.06. The number of halogens is 1. The molecule has 0 fully saturated rings. The van der Waals surface area contributed by atoms with E-state index < -0.39 is 5.97 Å². The minimum atomic E-state index is -0.784. The summed E-state index contributed by atoms with van der Waals surface area (Å²) in [6.45, 7) is 4.44. The van der Waals surface area contributed by atoms with Gasteiger partial charge in [-0.25, -0.2) is 4.39 Å².